The predicted octanol–water partition coefficient (Wildman–Crippen LogP) is 1.82. The van der Waals surface area contributed by atoms with Crippen molar-refractivity contribution in [3.05, 3.63) is 60.2 Å². The summed E-state index contributed by atoms with van der Waals surface area (Å²) in [4.78, 5) is 27.1. The summed E-state index contributed by atoms with van der Waals surface area (Å²) in [5, 5.41) is 8.91. The monoisotopic (exact) mass is 421 g/mol. The molecule has 162 valence electrons. The summed E-state index contributed by atoms with van der Waals surface area (Å²) in [5.41, 5.74) is 8.72. The second-order valence-electron chi connectivity index (χ2n) is 7.74. The van der Waals surface area contributed by atoms with E-state index in [2.05, 4.69) is 27.5 Å². The van der Waals surface area contributed by atoms with E-state index in [9.17, 15) is 9.59 Å². The quantitative estimate of drug-likeness (QED) is 0.741. The summed E-state index contributed by atoms with van der Waals surface area (Å²) in [7, 11) is 0. The van der Waals surface area contributed by atoms with Gasteiger partial charge in [0.25, 0.3) is 5.91 Å². The molecule has 0 aliphatic carbocycles. The van der Waals surface area contributed by atoms with Gasteiger partial charge >= 0.3 is 0 Å². The van der Waals surface area contributed by atoms with Gasteiger partial charge in [0.2, 0.25) is 5.91 Å². The first-order valence-corrected chi connectivity index (χ1v) is 10.5. The van der Waals surface area contributed by atoms with E-state index in [1.807, 2.05) is 49.4 Å². The maximum atomic E-state index is 12.8. The van der Waals surface area contributed by atoms with Gasteiger partial charge in [-0.2, -0.15) is 5.10 Å². The molecule has 0 saturated carbocycles. The Morgan fingerprint density at radius 3 is 2.39 bits per heavy atom. The zero-order chi connectivity index (χ0) is 21.8. The van der Waals surface area contributed by atoms with Crippen molar-refractivity contribution >= 4 is 28.9 Å². The number of rotatable bonds is 6. The largest absolute Gasteiger partial charge is 0.378 e. The lowest BCUT2D eigenvalue weighted by molar-refractivity contribution is -0.119. The molecule has 31 heavy (non-hydrogen) atoms. The molecule has 8 heteroatoms. The molecule has 2 aliphatic heterocycles. The molecule has 2 heterocycles. The smallest absolute Gasteiger partial charge is 0.268 e. The summed E-state index contributed by atoms with van der Waals surface area (Å²) in [6, 6.07) is 16.5. The van der Waals surface area contributed by atoms with Gasteiger partial charge in [-0.3, -0.25) is 14.6 Å². The lowest BCUT2D eigenvalue weighted by Gasteiger charge is -2.29. The third kappa shape index (κ3) is 4.69. The molecule has 0 radical (unpaired) electrons. The van der Waals surface area contributed by atoms with Gasteiger partial charge in [-0.1, -0.05) is 30.3 Å². The number of primary amides is 1. The fraction of sp³-hybridized carbons (Fsp3) is 0.348. The standard InChI is InChI=1S/C23H27N5O3/c1-16(17-7-9-18(10-8-17)27-11-13-31-14-12-27)25-23(30)20-15-21(22(24)29)28(26-20)19-5-3-2-4-6-19/h2-10,16,21H,11-15H2,1H3,(H2,24,29)(H,25,30). The minimum absolute atomic E-state index is 0.179. The molecule has 2 aromatic rings. The van der Waals surface area contributed by atoms with Crippen molar-refractivity contribution in [1.29, 1.82) is 0 Å². The topological polar surface area (TPSA) is 100 Å². The minimum atomic E-state index is -0.675. The fourth-order valence-electron chi connectivity index (χ4n) is 3.85. The van der Waals surface area contributed by atoms with Crippen LogP contribution in [0, 0.1) is 0 Å². The Morgan fingerprint density at radius 2 is 1.74 bits per heavy atom. The van der Waals surface area contributed by atoms with Crippen molar-refractivity contribution in [2.45, 2.75) is 25.4 Å². The normalized spacial score (nSPS) is 19.6. The van der Waals surface area contributed by atoms with Gasteiger partial charge in [-0.15, -0.1) is 0 Å². The number of benzene rings is 2. The molecule has 8 nitrogen and oxygen atoms in total. The Labute approximate surface area is 181 Å². The third-order valence-corrected chi connectivity index (χ3v) is 5.64. The van der Waals surface area contributed by atoms with Crippen molar-refractivity contribution < 1.29 is 14.3 Å². The van der Waals surface area contributed by atoms with E-state index < -0.39 is 11.9 Å². The van der Waals surface area contributed by atoms with E-state index >= 15 is 0 Å². The van der Waals surface area contributed by atoms with E-state index in [1.54, 1.807) is 0 Å². The number of ether oxygens (including phenoxy) is 1. The van der Waals surface area contributed by atoms with E-state index in [0.29, 0.717) is 5.71 Å². The molecule has 2 unspecified atom stereocenters. The molecule has 1 saturated heterocycles. The molecule has 0 spiro atoms. The van der Waals surface area contributed by atoms with Crippen LogP contribution in [0.3, 0.4) is 0 Å². The van der Waals surface area contributed by atoms with Crippen molar-refractivity contribution in [2.75, 3.05) is 36.2 Å². The van der Waals surface area contributed by atoms with Crippen LogP contribution in [-0.2, 0) is 14.3 Å². The number of nitrogens with one attached hydrogen (secondary N) is 1. The summed E-state index contributed by atoms with van der Waals surface area (Å²) >= 11 is 0. The van der Waals surface area contributed by atoms with Crippen molar-refractivity contribution in [1.82, 2.24) is 5.32 Å². The Hall–Kier alpha value is -3.39. The van der Waals surface area contributed by atoms with Crippen LogP contribution < -0.4 is 21.0 Å². The van der Waals surface area contributed by atoms with Crippen LogP contribution in [0.2, 0.25) is 0 Å². The molecule has 4 rings (SSSR count). The first-order valence-electron chi connectivity index (χ1n) is 10.5. The highest BCUT2D eigenvalue weighted by molar-refractivity contribution is 6.40. The van der Waals surface area contributed by atoms with Crippen molar-refractivity contribution in [3.8, 4) is 0 Å². The first-order chi connectivity index (χ1) is 15.0. The highest BCUT2D eigenvalue weighted by Crippen LogP contribution is 2.25. The molecule has 0 aromatic heterocycles. The average Bonchev–Trinajstić information content (AvgIpc) is 3.26. The second-order valence-corrected chi connectivity index (χ2v) is 7.74. The molecule has 2 amide bonds. The molecule has 0 bridgehead atoms. The number of carbonyl (C=O) groups excluding carboxylic acids is 2. The van der Waals surface area contributed by atoms with Crippen LogP contribution >= 0.6 is 0 Å². The summed E-state index contributed by atoms with van der Waals surface area (Å²) < 4.78 is 5.40. The number of carbonyl (C=O) groups is 2. The van der Waals surface area contributed by atoms with Gasteiger partial charge in [0.05, 0.1) is 24.9 Å². The molecular weight excluding hydrogens is 394 g/mol. The number of morpholine rings is 1. The summed E-state index contributed by atoms with van der Waals surface area (Å²) in [6.45, 7) is 5.16. The molecule has 1 fully saturated rings. The van der Waals surface area contributed by atoms with Crippen LogP contribution in [0.4, 0.5) is 11.4 Å². The van der Waals surface area contributed by atoms with E-state index in [-0.39, 0.29) is 18.4 Å². The van der Waals surface area contributed by atoms with Gasteiger partial charge in [0, 0.05) is 25.2 Å². The Balaban J connectivity index is 1.43. The van der Waals surface area contributed by atoms with Gasteiger partial charge < -0.3 is 20.7 Å². The van der Waals surface area contributed by atoms with Gasteiger partial charge in [-0.05, 0) is 36.8 Å². The number of nitrogens with zero attached hydrogens (tertiary/aromatic N) is 3. The van der Waals surface area contributed by atoms with Crippen molar-refractivity contribution in [2.24, 2.45) is 10.8 Å². The van der Waals surface area contributed by atoms with Crippen LogP contribution in [0.15, 0.2) is 59.7 Å². The summed E-state index contributed by atoms with van der Waals surface area (Å²) in [6.07, 6.45) is 0.179. The number of amides is 2. The lowest BCUT2D eigenvalue weighted by Crippen LogP contribution is -2.40. The third-order valence-electron chi connectivity index (χ3n) is 5.64. The SMILES string of the molecule is CC(NC(=O)C1=NN(c2ccccc2)C(C(N)=O)C1)c1ccc(N2CCOCC2)cc1. The number of hydrogen-bond donors (Lipinski definition) is 2. The number of hydrogen-bond acceptors (Lipinski definition) is 6. The van der Waals surface area contributed by atoms with Crippen LogP contribution in [0.25, 0.3) is 0 Å². The van der Waals surface area contributed by atoms with E-state index in [4.69, 9.17) is 10.5 Å². The van der Waals surface area contributed by atoms with Gasteiger partial charge in [0.15, 0.2) is 0 Å². The Morgan fingerprint density at radius 1 is 1.06 bits per heavy atom. The van der Waals surface area contributed by atoms with Crippen LogP contribution in [0.1, 0.15) is 24.9 Å². The summed E-state index contributed by atoms with van der Waals surface area (Å²) in [5.74, 6) is -0.809. The maximum Gasteiger partial charge on any atom is 0.268 e. The van der Waals surface area contributed by atoms with E-state index in [1.165, 1.54) is 5.01 Å². The molecule has 2 atom stereocenters. The lowest BCUT2D eigenvalue weighted by atomic mass is 10.1. The Bertz CT molecular complexity index is 955. The Kier molecular flexibility index (Phi) is 6.18. The average molecular weight is 422 g/mol. The van der Waals surface area contributed by atoms with Gasteiger partial charge in [-0.25, -0.2) is 0 Å². The number of nitrogens with two attached hydrogens (primary N) is 1. The molecule has 2 aromatic carbocycles. The number of hydrazone groups is 1. The molecule has 2 aliphatic rings. The second kappa shape index (κ2) is 9.18. The van der Waals surface area contributed by atoms with Crippen LogP contribution in [-0.4, -0.2) is 49.9 Å². The van der Waals surface area contributed by atoms with Crippen molar-refractivity contribution in [3.63, 3.8) is 0 Å². The highest BCUT2D eigenvalue weighted by Gasteiger charge is 2.35. The maximum absolute atomic E-state index is 12.8. The van der Waals surface area contributed by atoms with Crippen LogP contribution in [0.5, 0.6) is 0 Å². The minimum Gasteiger partial charge on any atom is -0.378 e. The molecule has 3 N–H and O–H groups in total. The predicted molar refractivity (Wildman–Crippen MR) is 120 cm³/mol. The molecular formula is C23H27N5O3. The van der Waals surface area contributed by atoms with Gasteiger partial charge in [0.1, 0.15) is 11.8 Å². The van der Waals surface area contributed by atoms with E-state index in [0.717, 1.165) is 43.2 Å². The number of anilines is 2. The number of para-hydroxylation sites is 1. The first kappa shape index (κ1) is 20.9. The zero-order valence-corrected chi connectivity index (χ0v) is 17.5. The zero-order valence-electron chi connectivity index (χ0n) is 17.5. The highest BCUT2D eigenvalue weighted by atomic mass is 16.5. The fourth-order valence-corrected chi connectivity index (χ4v) is 3.85.